The lowest BCUT2D eigenvalue weighted by Gasteiger charge is -2.54. The third-order valence-electron chi connectivity index (χ3n) is 7.92. The first-order valence-corrected chi connectivity index (χ1v) is 11.7. The Kier molecular flexibility index (Phi) is 6.87. The third kappa shape index (κ3) is 4.43. The Morgan fingerprint density at radius 1 is 1.03 bits per heavy atom. The Balaban J connectivity index is 0.000000229. The number of carbonyl (C=O) groups excluding carboxylic acids is 1. The number of fused-ring (bicyclic) bond motifs is 3. The molecule has 1 saturated carbocycles. The lowest BCUT2D eigenvalue weighted by atomic mass is 9.49. The summed E-state index contributed by atoms with van der Waals surface area (Å²) in [6, 6.07) is 8.71. The SMILES string of the molecule is CC(C)c1ccc2c(c1)CCC1C(C)(C(N)=O)CCCC21C.O=C(O)c1cc(O)c(O)c(O)c1. The van der Waals surface area contributed by atoms with Crippen molar-refractivity contribution in [2.75, 3.05) is 0 Å². The zero-order valence-corrected chi connectivity index (χ0v) is 20.3. The highest BCUT2D eigenvalue weighted by atomic mass is 16.4. The van der Waals surface area contributed by atoms with Gasteiger partial charge in [0.05, 0.1) is 5.56 Å². The number of phenolic OH excluding ortho intramolecular Hbond substituents is 3. The molecule has 34 heavy (non-hydrogen) atoms. The van der Waals surface area contributed by atoms with Gasteiger partial charge in [0.2, 0.25) is 5.91 Å². The molecule has 0 aliphatic heterocycles. The minimum Gasteiger partial charge on any atom is -0.504 e. The molecule has 0 heterocycles. The summed E-state index contributed by atoms with van der Waals surface area (Å²) in [7, 11) is 0. The zero-order chi connectivity index (χ0) is 25.4. The van der Waals surface area contributed by atoms with E-state index in [9.17, 15) is 9.59 Å². The minimum atomic E-state index is -1.29. The maximum atomic E-state index is 12.2. The summed E-state index contributed by atoms with van der Waals surface area (Å²) in [6.45, 7) is 8.97. The van der Waals surface area contributed by atoms with Crippen molar-refractivity contribution < 1.29 is 30.0 Å². The second-order valence-corrected chi connectivity index (χ2v) is 10.4. The van der Waals surface area contributed by atoms with Crippen LogP contribution in [-0.4, -0.2) is 32.3 Å². The van der Waals surface area contributed by atoms with Gasteiger partial charge in [-0.05, 0) is 71.8 Å². The highest BCUT2D eigenvalue weighted by molar-refractivity contribution is 5.89. The number of carbonyl (C=O) groups is 2. The number of hydrogen-bond donors (Lipinski definition) is 5. The number of phenols is 3. The summed E-state index contributed by atoms with van der Waals surface area (Å²) in [5.74, 6) is -2.49. The summed E-state index contributed by atoms with van der Waals surface area (Å²) in [4.78, 5) is 22.5. The van der Waals surface area contributed by atoms with Crippen molar-refractivity contribution in [3.63, 3.8) is 0 Å². The van der Waals surface area contributed by atoms with Crippen LogP contribution in [0.1, 0.15) is 86.3 Å². The van der Waals surface area contributed by atoms with Gasteiger partial charge in [-0.2, -0.15) is 0 Å². The average Bonchev–Trinajstić information content (AvgIpc) is 2.76. The van der Waals surface area contributed by atoms with Gasteiger partial charge in [0.1, 0.15) is 0 Å². The van der Waals surface area contributed by atoms with Gasteiger partial charge in [0.15, 0.2) is 17.2 Å². The van der Waals surface area contributed by atoms with E-state index in [1.165, 1.54) is 23.1 Å². The van der Waals surface area contributed by atoms with Gasteiger partial charge >= 0.3 is 5.97 Å². The number of aryl methyl sites for hydroxylation is 1. The quantitative estimate of drug-likeness (QED) is 0.409. The molecule has 7 heteroatoms. The second kappa shape index (κ2) is 9.20. The van der Waals surface area contributed by atoms with E-state index in [-0.39, 0.29) is 22.3 Å². The van der Waals surface area contributed by atoms with E-state index in [0.717, 1.165) is 37.8 Å². The molecule has 2 aromatic rings. The van der Waals surface area contributed by atoms with E-state index in [1.807, 2.05) is 0 Å². The fourth-order valence-corrected chi connectivity index (χ4v) is 5.89. The van der Waals surface area contributed by atoms with Gasteiger partial charge in [-0.1, -0.05) is 52.3 Å². The van der Waals surface area contributed by atoms with Crippen LogP contribution >= 0.6 is 0 Å². The zero-order valence-electron chi connectivity index (χ0n) is 20.3. The Labute approximate surface area is 200 Å². The monoisotopic (exact) mass is 469 g/mol. The smallest absolute Gasteiger partial charge is 0.335 e. The van der Waals surface area contributed by atoms with E-state index in [0.29, 0.717) is 11.8 Å². The molecule has 184 valence electrons. The van der Waals surface area contributed by atoms with Gasteiger partial charge in [-0.3, -0.25) is 4.79 Å². The van der Waals surface area contributed by atoms with Crippen molar-refractivity contribution in [2.45, 2.75) is 71.1 Å². The summed E-state index contributed by atoms with van der Waals surface area (Å²) in [5.41, 5.74) is 9.68. The molecule has 1 fully saturated rings. The predicted molar refractivity (Wildman–Crippen MR) is 129 cm³/mol. The van der Waals surface area contributed by atoms with E-state index in [1.54, 1.807) is 0 Å². The minimum absolute atomic E-state index is 0.102. The topological polar surface area (TPSA) is 141 Å². The van der Waals surface area contributed by atoms with Crippen LogP contribution in [0.5, 0.6) is 17.2 Å². The standard InChI is InChI=1S/C20H29NO.C7H6O5/c1-13(2)14-6-8-16-15(12-14)7-9-17-19(16,3)10-5-11-20(17,4)18(21)22;8-4-1-3(7(11)12)2-5(9)6(4)10/h6,8,12-13,17H,5,7,9-11H2,1-4H3,(H2,21,22);1-2,8-10H,(H,11,12). The molecule has 2 aromatic carbocycles. The lowest BCUT2D eigenvalue weighted by molar-refractivity contribution is -0.135. The molecule has 0 radical (unpaired) electrons. The van der Waals surface area contributed by atoms with Crippen molar-refractivity contribution in [1.82, 2.24) is 0 Å². The molecule has 7 nitrogen and oxygen atoms in total. The largest absolute Gasteiger partial charge is 0.504 e. The van der Waals surface area contributed by atoms with Gasteiger partial charge < -0.3 is 26.2 Å². The van der Waals surface area contributed by atoms with Crippen molar-refractivity contribution in [2.24, 2.45) is 17.1 Å². The van der Waals surface area contributed by atoms with Gasteiger partial charge in [-0.15, -0.1) is 0 Å². The molecule has 0 saturated heterocycles. The molecule has 0 spiro atoms. The maximum absolute atomic E-state index is 12.2. The molecule has 1 amide bonds. The van der Waals surface area contributed by atoms with Crippen LogP contribution in [0.25, 0.3) is 0 Å². The Morgan fingerprint density at radius 3 is 2.18 bits per heavy atom. The van der Waals surface area contributed by atoms with Crippen LogP contribution < -0.4 is 5.73 Å². The lowest BCUT2D eigenvalue weighted by Crippen LogP contribution is -2.54. The number of aromatic hydroxyl groups is 3. The predicted octanol–water partition coefficient (Wildman–Crippen LogP) is 4.81. The summed E-state index contributed by atoms with van der Waals surface area (Å²) >= 11 is 0. The van der Waals surface area contributed by atoms with Crippen LogP contribution in [0.2, 0.25) is 0 Å². The summed E-state index contributed by atoms with van der Waals surface area (Å²) in [5, 5.41) is 35.0. The maximum Gasteiger partial charge on any atom is 0.335 e. The number of amides is 1. The summed E-state index contributed by atoms with van der Waals surface area (Å²) < 4.78 is 0. The molecule has 2 aliphatic rings. The van der Waals surface area contributed by atoms with Gasteiger partial charge in [-0.25, -0.2) is 4.79 Å². The molecular weight excluding hydrogens is 434 g/mol. The molecular formula is C27H35NO6. The molecule has 6 N–H and O–H groups in total. The van der Waals surface area contributed by atoms with E-state index < -0.39 is 23.2 Å². The first kappa shape index (κ1) is 25.4. The first-order chi connectivity index (χ1) is 15.8. The highest BCUT2D eigenvalue weighted by Crippen LogP contribution is 2.57. The Bertz CT molecular complexity index is 1090. The third-order valence-corrected chi connectivity index (χ3v) is 7.92. The first-order valence-electron chi connectivity index (χ1n) is 11.7. The van der Waals surface area contributed by atoms with Crippen LogP contribution in [0.4, 0.5) is 0 Å². The highest BCUT2D eigenvalue weighted by Gasteiger charge is 2.54. The molecule has 0 aromatic heterocycles. The van der Waals surface area contributed by atoms with Crippen molar-refractivity contribution in [3.8, 4) is 17.2 Å². The Hall–Kier alpha value is -3.22. The van der Waals surface area contributed by atoms with Crippen LogP contribution in [0, 0.1) is 11.3 Å². The van der Waals surface area contributed by atoms with Gasteiger partial charge in [0, 0.05) is 5.41 Å². The van der Waals surface area contributed by atoms with E-state index in [2.05, 4.69) is 45.9 Å². The Morgan fingerprint density at radius 2 is 1.65 bits per heavy atom. The normalized spacial score (nSPS) is 25.5. The molecule has 0 bridgehead atoms. The number of aromatic carboxylic acids is 1. The van der Waals surface area contributed by atoms with E-state index in [4.69, 9.17) is 26.2 Å². The number of carboxylic acid groups (broad SMARTS) is 1. The second-order valence-electron chi connectivity index (χ2n) is 10.4. The fraction of sp³-hybridized carbons (Fsp3) is 0.481. The van der Waals surface area contributed by atoms with Crippen LogP contribution in [0.15, 0.2) is 30.3 Å². The van der Waals surface area contributed by atoms with E-state index >= 15 is 0 Å². The number of benzene rings is 2. The van der Waals surface area contributed by atoms with Crippen molar-refractivity contribution in [3.05, 3.63) is 52.6 Å². The number of hydrogen-bond acceptors (Lipinski definition) is 5. The molecule has 2 aliphatic carbocycles. The number of rotatable bonds is 3. The molecule has 3 atom stereocenters. The summed E-state index contributed by atoms with van der Waals surface area (Å²) in [6.07, 6.45) is 5.39. The number of carboxylic acids is 1. The van der Waals surface area contributed by atoms with Crippen molar-refractivity contribution >= 4 is 11.9 Å². The van der Waals surface area contributed by atoms with Gasteiger partial charge in [0.25, 0.3) is 0 Å². The fourth-order valence-electron chi connectivity index (χ4n) is 5.89. The molecule has 4 rings (SSSR count). The number of nitrogens with two attached hydrogens (primary N) is 1. The average molecular weight is 470 g/mol. The molecule has 3 unspecified atom stereocenters. The van der Waals surface area contributed by atoms with Crippen molar-refractivity contribution in [1.29, 1.82) is 0 Å². The number of primary amides is 1. The van der Waals surface area contributed by atoms with Crippen LogP contribution in [-0.2, 0) is 16.6 Å². The van der Waals surface area contributed by atoms with Crippen LogP contribution in [0.3, 0.4) is 0 Å².